The van der Waals surface area contributed by atoms with Crippen LogP contribution in [-0.4, -0.2) is 4.98 Å². The first-order valence-electron chi connectivity index (χ1n) is 5.03. The number of rotatable bonds is 3. The number of pyridine rings is 1. The van der Waals surface area contributed by atoms with Gasteiger partial charge in [0.1, 0.15) is 5.82 Å². The zero-order valence-corrected chi connectivity index (χ0v) is 10.5. The Balaban J connectivity index is 2.36. The third-order valence-electron chi connectivity index (χ3n) is 2.43. The molecule has 0 aliphatic carbocycles. The minimum atomic E-state index is -0.267. The van der Waals surface area contributed by atoms with Crippen LogP contribution in [0, 0.1) is 5.82 Å². The lowest BCUT2D eigenvalue weighted by Gasteiger charge is -2.16. The topological polar surface area (TPSA) is 50.9 Å². The number of nitrogens with one attached hydrogen (secondary N) is 1. The SMILES string of the molecule is NNC(c1ccc(F)cc1)c1cncc(Br)c1. The lowest BCUT2D eigenvalue weighted by molar-refractivity contribution is 0.614. The molecule has 0 spiro atoms. The van der Waals surface area contributed by atoms with Crippen molar-refractivity contribution in [2.45, 2.75) is 6.04 Å². The third kappa shape index (κ3) is 2.88. The molecule has 0 aliphatic heterocycles. The van der Waals surface area contributed by atoms with E-state index in [2.05, 4.69) is 26.3 Å². The molecule has 1 aromatic carbocycles. The maximum atomic E-state index is 12.8. The molecule has 0 radical (unpaired) electrons. The van der Waals surface area contributed by atoms with Gasteiger partial charge in [-0.1, -0.05) is 12.1 Å². The highest BCUT2D eigenvalue weighted by molar-refractivity contribution is 9.10. The number of aromatic nitrogens is 1. The van der Waals surface area contributed by atoms with E-state index < -0.39 is 0 Å². The zero-order chi connectivity index (χ0) is 12.3. The van der Waals surface area contributed by atoms with Crippen LogP contribution in [0.25, 0.3) is 0 Å². The number of benzene rings is 1. The molecule has 0 aliphatic rings. The fourth-order valence-corrected chi connectivity index (χ4v) is 2.01. The van der Waals surface area contributed by atoms with E-state index in [9.17, 15) is 4.39 Å². The van der Waals surface area contributed by atoms with E-state index in [0.29, 0.717) is 0 Å². The van der Waals surface area contributed by atoms with Crippen LogP contribution in [-0.2, 0) is 0 Å². The Bertz CT molecular complexity index is 501. The van der Waals surface area contributed by atoms with Crippen LogP contribution in [0.3, 0.4) is 0 Å². The van der Waals surface area contributed by atoms with E-state index in [-0.39, 0.29) is 11.9 Å². The van der Waals surface area contributed by atoms with Gasteiger partial charge in [0.15, 0.2) is 0 Å². The molecule has 5 heteroatoms. The van der Waals surface area contributed by atoms with Crippen molar-refractivity contribution in [3.05, 3.63) is 64.1 Å². The van der Waals surface area contributed by atoms with Gasteiger partial charge in [0.25, 0.3) is 0 Å². The van der Waals surface area contributed by atoms with Gasteiger partial charge < -0.3 is 0 Å². The number of hydrogen-bond acceptors (Lipinski definition) is 3. The van der Waals surface area contributed by atoms with Gasteiger partial charge in [-0.3, -0.25) is 10.8 Å². The van der Waals surface area contributed by atoms with Crippen molar-refractivity contribution in [3.8, 4) is 0 Å². The summed E-state index contributed by atoms with van der Waals surface area (Å²) < 4.78 is 13.7. The summed E-state index contributed by atoms with van der Waals surface area (Å²) in [5.74, 6) is 5.27. The zero-order valence-electron chi connectivity index (χ0n) is 8.90. The van der Waals surface area contributed by atoms with Crippen molar-refractivity contribution >= 4 is 15.9 Å². The summed E-state index contributed by atoms with van der Waals surface area (Å²) in [6, 6.07) is 7.92. The molecular weight excluding hydrogens is 285 g/mol. The average Bonchev–Trinajstić information content (AvgIpc) is 2.33. The van der Waals surface area contributed by atoms with E-state index >= 15 is 0 Å². The monoisotopic (exact) mass is 295 g/mol. The Morgan fingerprint density at radius 3 is 2.47 bits per heavy atom. The van der Waals surface area contributed by atoms with E-state index in [1.165, 1.54) is 12.1 Å². The molecule has 0 saturated carbocycles. The number of nitrogens with zero attached hydrogens (tertiary/aromatic N) is 1. The van der Waals surface area contributed by atoms with E-state index in [1.807, 2.05) is 6.07 Å². The van der Waals surface area contributed by atoms with Crippen LogP contribution in [0.15, 0.2) is 47.2 Å². The summed E-state index contributed by atoms with van der Waals surface area (Å²) in [5.41, 5.74) is 4.49. The molecule has 1 unspecified atom stereocenters. The second-order valence-electron chi connectivity index (χ2n) is 3.59. The van der Waals surface area contributed by atoms with Crippen LogP contribution in [0.4, 0.5) is 4.39 Å². The lowest BCUT2D eigenvalue weighted by atomic mass is 10.0. The molecular formula is C12H11BrFN3. The summed E-state index contributed by atoms with van der Waals surface area (Å²) in [4.78, 5) is 4.08. The minimum Gasteiger partial charge on any atom is -0.271 e. The molecule has 1 atom stereocenters. The molecule has 0 bridgehead atoms. The average molecular weight is 296 g/mol. The normalized spacial score (nSPS) is 12.4. The molecule has 0 saturated heterocycles. The van der Waals surface area contributed by atoms with Crippen LogP contribution in [0.5, 0.6) is 0 Å². The molecule has 17 heavy (non-hydrogen) atoms. The van der Waals surface area contributed by atoms with E-state index in [1.54, 1.807) is 24.5 Å². The molecule has 2 aromatic rings. The van der Waals surface area contributed by atoms with Gasteiger partial charge in [-0.25, -0.2) is 9.82 Å². The number of hydrazine groups is 1. The van der Waals surface area contributed by atoms with Crippen LogP contribution in [0.2, 0.25) is 0 Å². The second-order valence-corrected chi connectivity index (χ2v) is 4.50. The van der Waals surface area contributed by atoms with Crippen molar-refractivity contribution < 1.29 is 4.39 Å². The molecule has 0 amide bonds. The largest absolute Gasteiger partial charge is 0.271 e. The second kappa shape index (κ2) is 5.35. The smallest absolute Gasteiger partial charge is 0.123 e. The fourth-order valence-electron chi connectivity index (χ4n) is 1.63. The van der Waals surface area contributed by atoms with Crippen LogP contribution < -0.4 is 11.3 Å². The predicted octanol–water partition coefficient (Wildman–Crippen LogP) is 2.54. The summed E-state index contributed by atoms with van der Waals surface area (Å²) in [5, 5.41) is 0. The van der Waals surface area contributed by atoms with Gasteiger partial charge in [-0.2, -0.15) is 0 Å². The maximum Gasteiger partial charge on any atom is 0.123 e. The van der Waals surface area contributed by atoms with Crippen molar-refractivity contribution in [2.24, 2.45) is 5.84 Å². The summed E-state index contributed by atoms with van der Waals surface area (Å²) in [6.45, 7) is 0. The van der Waals surface area contributed by atoms with Crippen LogP contribution >= 0.6 is 15.9 Å². The van der Waals surface area contributed by atoms with E-state index in [0.717, 1.165) is 15.6 Å². The minimum absolute atomic E-state index is 0.208. The van der Waals surface area contributed by atoms with Crippen molar-refractivity contribution in [1.82, 2.24) is 10.4 Å². The van der Waals surface area contributed by atoms with Gasteiger partial charge in [-0.05, 0) is 45.3 Å². The van der Waals surface area contributed by atoms with Gasteiger partial charge in [0.2, 0.25) is 0 Å². The summed E-state index contributed by atoms with van der Waals surface area (Å²) in [6.07, 6.45) is 3.42. The van der Waals surface area contributed by atoms with E-state index in [4.69, 9.17) is 5.84 Å². The number of halogens is 2. The standard InChI is InChI=1S/C12H11BrFN3/c13-10-5-9(6-16-7-10)12(17-15)8-1-3-11(14)4-2-8/h1-7,12,17H,15H2. The molecule has 3 N–H and O–H groups in total. The summed E-state index contributed by atoms with van der Waals surface area (Å²) in [7, 11) is 0. The Morgan fingerprint density at radius 2 is 1.88 bits per heavy atom. The first-order valence-corrected chi connectivity index (χ1v) is 5.82. The summed E-state index contributed by atoms with van der Waals surface area (Å²) >= 11 is 3.35. The molecule has 1 aromatic heterocycles. The molecule has 2 rings (SSSR count). The Hall–Kier alpha value is -1.30. The van der Waals surface area contributed by atoms with Crippen molar-refractivity contribution in [2.75, 3.05) is 0 Å². The third-order valence-corrected chi connectivity index (χ3v) is 2.86. The quantitative estimate of drug-likeness (QED) is 0.676. The Kier molecular flexibility index (Phi) is 3.83. The first-order chi connectivity index (χ1) is 8.20. The molecule has 88 valence electrons. The van der Waals surface area contributed by atoms with Crippen molar-refractivity contribution in [1.29, 1.82) is 0 Å². The molecule has 3 nitrogen and oxygen atoms in total. The van der Waals surface area contributed by atoms with Gasteiger partial charge in [0.05, 0.1) is 6.04 Å². The Morgan fingerprint density at radius 1 is 1.18 bits per heavy atom. The Labute approximate surface area is 107 Å². The predicted molar refractivity (Wildman–Crippen MR) is 67.5 cm³/mol. The van der Waals surface area contributed by atoms with Crippen LogP contribution in [0.1, 0.15) is 17.2 Å². The molecule has 1 heterocycles. The molecule has 0 fully saturated rings. The highest BCUT2D eigenvalue weighted by Crippen LogP contribution is 2.23. The number of nitrogens with two attached hydrogens (primary N) is 1. The highest BCUT2D eigenvalue weighted by Gasteiger charge is 2.12. The van der Waals surface area contributed by atoms with Gasteiger partial charge in [-0.15, -0.1) is 0 Å². The number of hydrogen-bond donors (Lipinski definition) is 2. The highest BCUT2D eigenvalue weighted by atomic mass is 79.9. The lowest BCUT2D eigenvalue weighted by Crippen LogP contribution is -2.28. The van der Waals surface area contributed by atoms with Gasteiger partial charge >= 0.3 is 0 Å². The first kappa shape index (κ1) is 12.2. The fraction of sp³-hybridized carbons (Fsp3) is 0.0833. The maximum absolute atomic E-state index is 12.8. The van der Waals surface area contributed by atoms with Crippen molar-refractivity contribution in [3.63, 3.8) is 0 Å². The van der Waals surface area contributed by atoms with Gasteiger partial charge in [0, 0.05) is 16.9 Å².